The highest BCUT2D eigenvalue weighted by Crippen LogP contribution is 2.37. The van der Waals surface area contributed by atoms with Crippen molar-refractivity contribution in [3.05, 3.63) is 61.6 Å². The molecule has 0 fully saturated rings. The Balaban J connectivity index is 1.91. The summed E-state index contributed by atoms with van der Waals surface area (Å²) in [6, 6.07) is 9.52. The second-order valence-corrected chi connectivity index (χ2v) is 6.48. The summed E-state index contributed by atoms with van der Waals surface area (Å²) in [5, 5.41) is 23.0. The van der Waals surface area contributed by atoms with Crippen LogP contribution in [-0.4, -0.2) is 17.6 Å². The van der Waals surface area contributed by atoms with Crippen LogP contribution >= 0.6 is 15.9 Å². The van der Waals surface area contributed by atoms with Crippen LogP contribution in [-0.2, 0) is 4.79 Å². The van der Waals surface area contributed by atoms with Crippen LogP contribution in [0.2, 0.25) is 0 Å². The fourth-order valence-corrected chi connectivity index (χ4v) is 2.87. The van der Waals surface area contributed by atoms with Crippen LogP contribution in [0.1, 0.15) is 11.1 Å². The molecule has 0 aromatic heterocycles. The fourth-order valence-electron chi connectivity index (χ4n) is 2.44. The summed E-state index contributed by atoms with van der Waals surface area (Å²) in [5.41, 5.74) is 0.764. The Morgan fingerprint density at radius 1 is 1.33 bits per heavy atom. The normalized spacial score (nSPS) is 12.4. The second kappa shape index (κ2) is 7.47. The first-order valence-electron chi connectivity index (χ1n) is 7.66. The summed E-state index contributed by atoms with van der Waals surface area (Å²) in [6.07, 6.45) is 1.36. The number of amides is 1. The lowest BCUT2D eigenvalue weighted by Gasteiger charge is -2.07. The third kappa shape index (κ3) is 3.91. The van der Waals surface area contributed by atoms with E-state index in [2.05, 4.69) is 21.2 Å². The molecule has 9 heteroatoms. The Kier molecular flexibility index (Phi) is 5.09. The number of halogens is 1. The van der Waals surface area contributed by atoms with Gasteiger partial charge in [0, 0.05) is 10.5 Å². The number of anilines is 1. The number of nitro benzene ring substituents is 1. The number of carbonyl (C=O) groups is 1. The molecule has 1 aliphatic rings. The number of nitro groups is 1. The number of carbonyl (C=O) groups excluding carboxylic acids is 1. The molecule has 0 spiro atoms. The molecule has 0 radical (unpaired) electrons. The van der Waals surface area contributed by atoms with Crippen LogP contribution in [0.25, 0.3) is 6.08 Å². The minimum absolute atomic E-state index is 0.0153. The Bertz CT molecular complexity index is 1030. The van der Waals surface area contributed by atoms with Crippen molar-refractivity contribution in [3.63, 3.8) is 0 Å². The number of ether oxygens (including phenoxy) is 2. The van der Waals surface area contributed by atoms with Gasteiger partial charge in [-0.1, -0.05) is 22.0 Å². The molecule has 27 heavy (non-hydrogen) atoms. The molecule has 2 aromatic carbocycles. The Morgan fingerprint density at radius 3 is 2.70 bits per heavy atom. The zero-order chi connectivity index (χ0) is 19.6. The summed E-state index contributed by atoms with van der Waals surface area (Å²) in [5.74, 6) is 0.294. The van der Waals surface area contributed by atoms with Crippen molar-refractivity contribution in [3.8, 4) is 17.6 Å². The monoisotopic (exact) mass is 429 g/mol. The maximum absolute atomic E-state index is 12.5. The largest absolute Gasteiger partial charge is 0.454 e. The number of aryl methyl sites for hydroxylation is 1. The first-order chi connectivity index (χ1) is 12.9. The van der Waals surface area contributed by atoms with Gasteiger partial charge < -0.3 is 14.8 Å². The molecular weight excluding hydrogens is 418 g/mol. The van der Waals surface area contributed by atoms with E-state index in [0.717, 1.165) is 0 Å². The number of benzene rings is 2. The molecule has 0 saturated heterocycles. The molecule has 1 heterocycles. The van der Waals surface area contributed by atoms with Gasteiger partial charge in [-0.25, -0.2) is 0 Å². The smallest absolute Gasteiger partial charge is 0.293 e. The number of nitrogens with zero attached hydrogens (tertiary/aromatic N) is 2. The van der Waals surface area contributed by atoms with Gasteiger partial charge in [-0.15, -0.1) is 0 Å². The van der Waals surface area contributed by atoms with E-state index in [1.807, 2.05) is 6.07 Å². The number of fused-ring (bicyclic) bond motifs is 1. The maximum atomic E-state index is 12.5. The second-order valence-electron chi connectivity index (χ2n) is 5.63. The lowest BCUT2D eigenvalue weighted by molar-refractivity contribution is -0.384. The summed E-state index contributed by atoms with van der Waals surface area (Å²) in [7, 11) is 0. The van der Waals surface area contributed by atoms with Crippen LogP contribution in [0.3, 0.4) is 0 Å². The highest BCUT2D eigenvalue weighted by Gasteiger charge is 2.20. The fraction of sp³-hybridized carbons (Fsp3) is 0.111. The van der Waals surface area contributed by atoms with Crippen LogP contribution in [0.15, 0.2) is 40.4 Å². The molecular formula is C18H12BrN3O5. The topological polar surface area (TPSA) is 114 Å². The van der Waals surface area contributed by atoms with Crippen molar-refractivity contribution < 1.29 is 19.2 Å². The predicted octanol–water partition coefficient (Wildman–Crippen LogP) is 3.94. The number of nitriles is 1. The molecule has 0 aliphatic carbocycles. The van der Waals surface area contributed by atoms with E-state index < -0.39 is 10.8 Å². The minimum Gasteiger partial charge on any atom is -0.454 e. The molecule has 8 nitrogen and oxygen atoms in total. The third-order valence-electron chi connectivity index (χ3n) is 3.75. The Morgan fingerprint density at radius 2 is 2.04 bits per heavy atom. The molecule has 1 N–H and O–H groups in total. The van der Waals surface area contributed by atoms with Crippen molar-refractivity contribution in [2.75, 3.05) is 12.1 Å². The van der Waals surface area contributed by atoms with Crippen molar-refractivity contribution >= 4 is 39.3 Å². The van der Waals surface area contributed by atoms with E-state index in [9.17, 15) is 20.2 Å². The maximum Gasteiger partial charge on any atom is 0.293 e. The van der Waals surface area contributed by atoms with Gasteiger partial charge >= 0.3 is 0 Å². The minimum atomic E-state index is -0.756. The van der Waals surface area contributed by atoms with Crippen molar-refractivity contribution in [2.24, 2.45) is 0 Å². The molecule has 0 atom stereocenters. The predicted molar refractivity (Wildman–Crippen MR) is 100 cm³/mol. The van der Waals surface area contributed by atoms with Gasteiger partial charge in [0.15, 0.2) is 11.5 Å². The average molecular weight is 430 g/mol. The van der Waals surface area contributed by atoms with Gasteiger partial charge in [0.05, 0.1) is 4.92 Å². The van der Waals surface area contributed by atoms with E-state index in [-0.39, 0.29) is 23.7 Å². The van der Waals surface area contributed by atoms with Crippen molar-refractivity contribution in [1.29, 1.82) is 5.26 Å². The van der Waals surface area contributed by atoms with Crippen LogP contribution in [0, 0.1) is 28.4 Å². The van der Waals surface area contributed by atoms with Crippen LogP contribution < -0.4 is 14.8 Å². The van der Waals surface area contributed by atoms with Gasteiger partial charge in [0.25, 0.3) is 11.6 Å². The molecule has 2 aromatic rings. The first kappa shape index (κ1) is 18.4. The standard InChI is InChI=1S/C18H12BrN3O5/c1-10-2-3-14(15(4-10)22(24)25)21-18(23)12(8-20)5-11-6-16-17(7-13(11)19)27-9-26-16/h2-7H,9H2,1H3,(H,21,23). The van der Waals surface area contributed by atoms with E-state index in [1.54, 1.807) is 25.1 Å². The summed E-state index contributed by atoms with van der Waals surface area (Å²) in [6.45, 7) is 1.80. The Hall–Kier alpha value is -3.38. The van der Waals surface area contributed by atoms with Crippen LogP contribution in [0.5, 0.6) is 11.5 Å². The summed E-state index contributed by atoms with van der Waals surface area (Å²) < 4.78 is 11.1. The molecule has 0 saturated carbocycles. The van der Waals surface area contributed by atoms with E-state index >= 15 is 0 Å². The van der Waals surface area contributed by atoms with Crippen molar-refractivity contribution in [1.82, 2.24) is 0 Å². The summed E-state index contributed by atoms with van der Waals surface area (Å²) in [4.78, 5) is 23.0. The van der Waals surface area contributed by atoms with Gasteiger partial charge in [-0.3, -0.25) is 14.9 Å². The van der Waals surface area contributed by atoms with E-state index in [1.165, 1.54) is 18.2 Å². The van der Waals surface area contributed by atoms with Gasteiger partial charge in [0.2, 0.25) is 6.79 Å². The highest BCUT2D eigenvalue weighted by atomic mass is 79.9. The van der Waals surface area contributed by atoms with E-state index in [0.29, 0.717) is 27.1 Å². The van der Waals surface area contributed by atoms with Crippen molar-refractivity contribution in [2.45, 2.75) is 6.92 Å². The van der Waals surface area contributed by atoms with Crippen LogP contribution in [0.4, 0.5) is 11.4 Å². The molecule has 1 amide bonds. The number of hydrogen-bond acceptors (Lipinski definition) is 6. The lowest BCUT2D eigenvalue weighted by atomic mass is 10.1. The zero-order valence-corrected chi connectivity index (χ0v) is 15.6. The average Bonchev–Trinajstić information content (AvgIpc) is 3.07. The zero-order valence-electron chi connectivity index (χ0n) is 14.0. The molecule has 136 valence electrons. The summed E-state index contributed by atoms with van der Waals surface area (Å²) >= 11 is 3.35. The van der Waals surface area contributed by atoms with Gasteiger partial charge in [-0.05, 0) is 42.3 Å². The molecule has 0 unspecified atom stereocenters. The number of nitrogens with one attached hydrogen (secondary N) is 1. The van der Waals surface area contributed by atoms with Gasteiger partial charge in [-0.2, -0.15) is 5.26 Å². The number of hydrogen-bond donors (Lipinski definition) is 1. The highest BCUT2D eigenvalue weighted by molar-refractivity contribution is 9.10. The van der Waals surface area contributed by atoms with E-state index in [4.69, 9.17) is 9.47 Å². The lowest BCUT2D eigenvalue weighted by Crippen LogP contribution is -2.14. The molecule has 3 rings (SSSR count). The Labute approximate surface area is 162 Å². The van der Waals surface area contributed by atoms with Gasteiger partial charge in [0.1, 0.15) is 17.3 Å². The quantitative estimate of drug-likeness (QED) is 0.340. The molecule has 0 bridgehead atoms. The SMILES string of the molecule is Cc1ccc(NC(=O)C(C#N)=Cc2cc3c(cc2Br)OCO3)c([N+](=O)[O-])c1. The third-order valence-corrected chi connectivity index (χ3v) is 4.44. The number of rotatable bonds is 4. The first-order valence-corrected chi connectivity index (χ1v) is 8.45. The molecule has 1 aliphatic heterocycles.